The van der Waals surface area contributed by atoms with E-state index in [-0.39, 0.29) is 5.91 Å². The maximum atomic E-state index is 11.9. The lowest BCUT2D eigenvalue weighted by Gasteiger charge is -2.27. The third-order valence-electron chi connectivity index (χ3n) is 4.43. The normalized spacial score (nSPS) is 14.2. The average molecular weight is 355 g/mol. The molecule has 0 radical (unpaired) electrons. The van der Waals surface area contributed by atoms with Gasteiger partial charge in [-0.1, -0.05) is 6.92 Å². The summed E-state index contributed by atoms with van der Waals surface area (Å²) in [6, 6.07) is 3.73. The Kier molecular flexibility index (Phi) is 5.60. The van der Waals surface area contributed by atoms with Crippen LogP contribution in [0.25, 0.3) is 0 Å². The zero-order valence-electron chi connectivity index (χ0n) is 15.5. The third-order valence-corrected chi connectivity index (χ3v) is 4.43. The molecule has 2 aromatic heterocycles. The van der Waals surface area contributed by atoms with Crippen LogP contribution in [-0.2, 0) is 6.42 Å². The number of nitrogens with one attached hydrogen (secondary N) is 2. The van der Waals surface area contributed by atoms with Crippen LogP contribution in [0.5, 0.6) is 0 Å². The Hall–Kier alpha value is -2.77. The molecular formula is C18H25N7O. The summed E-state index contributed by atoms with van der Waals surface area (Å²) in [5.41, 5.74) is 2.09. The molecule has 0 bridgehead atoms. The van der Waals surface area contributed by atoms with Gasteiger partial charge in [0.05, 0.1) is 0 Å². The first-order chi connectivity index (χ1) is 12.6. The van der Waals surface area contributed by atoms with Gasteiger partial charge < -0.3 is 15.5 Å². The average Bonchev–Trinajstić information content (AvgIpc) is 2.67. The van der Waals surface area contributed by atoms with Crippen LogP contribution in [0.4, 0.5) is 17.6 Å². The summed E-state index contributed by atoms with van der Waals surface area (Å²) < 4.78 is 0. The van der Waals surface area contributed by atoms with E-state index in [1.54, 1.807) is 7.05 Å². The first kappa shape index (κ1) is 18.0. The van der Waals surface area contributed by atoms with Crippen LogP contribution in [0.15, 0.2) is 12.1 Å². The molecule has 8 heteroatoms. The van der Waals surface area contributed by atoms with E-state index in [1.165, 1.54) is 19.3 Å². The maximum absolute atomic E-state index is 11.9. The molecule has 1 aliphatic heterocycles. The van der Waals surface area contributed by atoms with Crippen molar-refractivity contribution in [2.45, 2.75) is 39.5 Å². The SMILES string of the molecule is CCc1cc(Nc2cc(C)nc(N3CCCCC3)n2)nnc1C(=O)NC. The number of rotatable bonds is 5. The summed E-state index contributed by atoms with van der Waals surface area (Å²) in [5.74, 6) is 1.77. The van der Waals surface area contributed by atoms with Crippen LogP contribution in [0, 0.1) is 6.92 Å². The summed E-state index contributed by atoms with van der Waals surface area (Å²) in [7, 11) is 1.58. The Bertz CT molecular complexity index is 787. The van der Waals surface area contributed by atoms with Gasteiger partial charge in [-0.2, -0.15) is 4.98 Å². The fraction of sp³-hybridized carbons (Fsp3) is 0.500. The van der Waals surface area contributed by atoms with Crippen molar-refractivity contribution in [2.24, 2.45) is 0 Å². The quantitative estimate of drug-likeness (QED) is 0.849. The van der Waals surface area contributed by atoms with Gasteiger partial charge in [0, 0.05) is 31.9 Å². The van der Waals surface area contributed by atoms with Crippen LogP contribution in [0.3, 0.4) is 0 Å². The molecule has 0 atom stereocenters. The highest BCUT2D eigenvalue weighted by Crippen LogP contribution is 2.21. The summed E-state index contributed by atoms with van der Waals surface area (Å²) >= 11 is 0. The van der Waals surface area contributed by atoms with Gasteiger partial charge in [0.15, 0.2) is 11.5 Å². The molecule has 1 aliphatic rings. The minimum absolute atomic E-state index is 0.230. The molecule has 3 heterocycles. The van der Waals surface area contributed by atoms with Crippen molar-refractivity contribution in [3.8, 4) is 0 Å². The predicted molar refractivity (Wildman–Crippen MR) is 101 cm³/mol. The smallest absolute Gasteiger partial charge is 0.271 e. The Morgan fingerprint density at radius 2 is 1.88 bits per heavy atom. The highest BCUT2D eigenvalue weighted by atomic mass is 16.1. The van der Waals surface area contributed by atoms with Crippen molar-refractivity contribution in [3.63, 3.8) is 0 Å². The second-order valence-electron chi connectivity index (χ2n) is 6.40. The fourth-order valence-corrected chi connectivity index (χ4v) is 3.05. The zero-order valence-corrected chi connectivity index (χ0v) is 15.5. The van der Waals surface area contributed by atoms with Crippen molar-refractivity contribution in [2.75, 3.05) is 30.4 Å². The minimum atomic E-state index is -0.230. The van der Waals surface area contributed by atoms with E-state index in [4.69, 9.17) is 0 Å². The first-order valence-corrected chi connectivity index (χ1v) is 9.07. The van der Waals surface area contributed by atoms with Crippen LogP contribution >= 0.6 is 0 Å². The molecule has 138 valence electrons. The molecular weight excluding hydrogens is 330 g/mol. The molecule has 3 rings (SSSR count). The minimum Gasteiger partial charge on any atom is -0.354 e. The fourth-order valence-electron chi connectivity index (χ4n) is 3.05. The molecule has 8 nitrogen and oxygen atoms in total. The number of amides is 1. The third kappa shape index (κ3) is 4.07. The van der Waals surface area contributed by atoms with Gasteiger partial charge >= 0.3 is 0 Å². The molecule has 0 saturated carbocycles. The zero-order chi connectivity index (χ0) is 18.5. The van der Waals surface area contributed by atoms with Crippen molar-refractivity contribution >= 4 is 23.5 Å². The van der Waals surface area contributed by atoms with E-state index >= 15 is 0 Å². The lowest BCUT2D eigenvalue weighted by Crippen LogP contribution is -2.31. The Morgan fingerprint density at radius 3 is 2.58 bits per heavy atom. The van der Waals surface area contributed by atoms with Gasteiger partial charge in [0.1, 0.15) is 5.82 Å². The van der Waals surface area contributed by atoms with E-state index in [0.717, 1.165) is 30.3 Å². The number of carbonyl (C=O) groups excluding carboxylic acids is 1. The molecule has 0 aromatic carbocycles. The van der Waals surface area contributed by atoms with Crippen molar-refractivity contribution in [3.05, 3.63) is 29.1 Å². The van der Waals surface area contributed by atoms with Gasteiger partial charge in [-0.25, -0.2) is 4.98 Å². The number of aryl methyl sites for hydroxylation is 2. The number of nitrogens with zero attached hydrogens (tertiary/aromatic N) is 5. The highest BCUT2D eigenvalue weighted by molar-refractivity contribution is 5.93. The van der Waals surface area contributed by atoms with Crippen LogP contribution in [0.1, 0.15) is 47.9 Å². The number of hydrogen-bond acceptors (Lipinski definition) is 7. The Labute approximate surface area is 153 Å². The van der Waals surface area contributed by atoms with Crippen LogP contribution < -0.4 is 15.5 Å². The molecule has 0 aliphatic carbocycles. The molecule has 0 spiro atoms. The number of anilines is 3. The second-order valence-corrected chi connectivity index (χ2v) is 6.40. The van der Waals surface area contributed by atoms with Crippen molar-refractivity contribution in [1.82, 2.24) is 25.5 Å². The predicted octanol–water partition coefficient (Wildman–Crippen LogP) is 2.23. The van der Waals surface area contributed by atoms with Crippen LogP contribution in [0.2, 0.25) is 0 Å². The Morgan fingerprint density at radius 1 is 1.12 bits per heavy atom. The topological polar surface area (TPSA) is 95.9 Å². The summed E-state index contributed by atoms with van der Waals surface area (Å²) in [5, 5.41) is 14.0. The number of piperidine rings is 1. The molecule has 1 fully saturated rings. The summed E-state index contributed by atoms with van der Waals surface area (Å²) in [4.78, 5) is 23.3. The number of hydrogen-bond donors (Lipinski definition) is 2. The largest absolute Gasteiger partial charge is 0.354 e. The molecule has 0 unspecified atom stereocenters. The monoisotopic (exact) mass is 355 g/mol. The maximum Gasteiger partial charge on any atom is 0.271 e. The van der Waals surface area contributed by atoms with Crippen molar-refractivity contribution in [1.29, 1.82) is 0 Å². The van der Waals surface area contributed by atoms with Gasteiger partial charge in [-0.05, 0) is 44.2 Å². The van der Waals surface area contributed by atoms with Gasteiger partial charge in [0.25, 0.3) is 5.91 Å². The standard InChI is InChI=1S/C18H25N7O/c1-4-13-11-15(23-24-16(13)17(26)19-3)21-14-10-12(2)20-18(22-14)25-8-6-5-7-9-25/h10-11H,4-9H2,1-3H3,(H,19,26)(H,20,21,22,23). The summed E-state index contributed by atoms with van der Waals surface area (Å²) in [6.07, 6.45) is 4.30. The van der Waals surface area contributed by atoms with Gasteiger partial charge in [-0.15, -0.1) is 10.2 Å². The van der Waals surface area contributed by atoms with Gasteiger partial charge in [-0.3, -0.25) is 4.79 Å². The summed E-state index contributed by atoms with van der Waals surface area (Å²) in [6.45, 7) is 5.92. The van der Waals surface area contributed by atoms with E-state index in [9.17, 15) is 4.79 Å². The van der Waals surface area contributed by atoms with E-state index in [2.05, 4.69) is 35.7 Å². The van der Waals surface area contributed by atoms with Crippen molar-refractivity contribution < 1.29 is 4.79 Å². The highest BCUT2D eigenvalue weighted by Gasteiger charge is 2.16. The first-order valence-electron chi connectivity index (χ1n) is 9.07. The number of aromatic nitrogens is 4. The van der Waals surface area contributed by atoms with E-state index in [0.29, 0.717) is 23.8 Å². The van der Waals surface area contributed by atoms with E-state index in [1.807, 2.05) is 26.0 Å². The molecule has 26 heavy (non-hydrogen) atoms. The van der Waals surface area contributed by atoms with Crippen LogP contribution in [-0.4, -0.2) is 46.2 Å². The Balaban J connectivity index is 1.84. The second kappa shape index (κ2) is 8.07. The molecule has 2 aromatic rings. The van der Waals surface area contributed by atoms with E-state index < -0.39 is 0 Å². The lowest BCUT2D eigenvalue weighted by atomic mass is 10.1. The number of carbonyl (C=O) groups is 1. The van der Waals surface area contributed by atoms with Gasteiger partial charge in [0.2, 0.25) is 5.95 Å². The molecule has 1 saturated heterocycles. The molecule has 2 N–H and O–H groups in total. The molecule has 1 amide bonds. The lowest BCUT2D eigenvalue weighted by molar-refractivity contribution is 0.0956.